The molecule has 0 saturated heterocycles. The van der Waals surface area contributed by atoms with Crippen LogP contribution in [0, 0.1) is 28.6 Å². The molecule has 8 atom stereocenters. The van der Waals surface area contributed by atoms with Crippen LogP contribution in [0.15, 0.2) is 72.6 Å². The maximum Gasteiger partial charge on any atom is 0.323 e. The summed E-state index contributed by atoms with van der Waals surface area (Å²) in [5.41, 5.74) is 5.58. The summed E-state index contributed by atoms with van der Waals surface area (Å²) in [7, 11) is 3.16. The minimum Gasteiger partial charge on any atom is -0.480 e. The molecule has 0 bridgehead atoms. The van der Waals surface area contributed by atoms with Crippen LogP contribution >= 0.6 is 21.6 Å². The first kappa shape index (κ1) is 36.7. The van der Waals surface area contributed by atoms with Crippen molar-refractivity contribution in [2.75, 3.05) is 6.54 Å². The zero-order chi connectivity index (χ0) is 35.5. The van der Waals surface area contributed by atoms with E-state index in [1.54, 1.807) is 21.6 Å². The molecule has 7 nitrogen and oxygen atoms in total. The van der Waals surface area contributed by atoms with E-state index in [2.05, 4.69) is 43.1 Å². The Morgan fingerprint density at radius 3 is 2.40 bits per heavy atom. The molecule has 1 N–H and O–H groups in total. The van der Waals surface area contributed by atoms with Gasteiger partial charge in [0.25, 0.3) is 0 Å². The lowest BCUT2D eigenvalue weighted by Crippen LogP contribution is -2.50. The number of ether oxygens (including phenoxy) is 1. The van der Waals surface area contributed by atoms with Gasteiger partial charge >= 0.3 is 11.9 Å². The second-order valence-electron chi connectivity index (χ2n) is 15.5. The average molecular weight is 717 g/mol. The van der Waals surface area contributed by atoms with Crippen molar-refractivity contribution >= 4 is 45.0 Å². The van der Waals surface area contributed by atoms with Crippen LogP contribution in [0.3, 0.4) is 0 Å². The van der Waals surface area contributed by atoms with Crippen LogP contribution in [0.5, 0.6) is 0 Å². The average Bonchev–Trinajstić information content (AvgIpc) is 3.45. The molecular formula is C41H52N2O5S2. The van der Waals surface area contributed by atoms with Crippen LogP contribution in [0.25, 0.3) is 5.57 Å². The number of fused-ring (bicyclic) bond motifs is 5. The first-order chi connectivity index (χ1) is 24.0. The number of esters is 1. The lowest BCUT2D eigenvalue weighted by atomic mass is 9.47. The van der Waals surface area contributed by atoms with Gasteiger partial charge in [0.15, 0.2) is 0 Å². The fourth-order valence-corrected chi connectivity index (χ4v) is 11.9. The highest BCUT2D eigenvalue weighted by Crippen LogP contribution is 2.66. The van der Waals surface area contributed by atoms with E-state index in [0.29, 0.717) is 24.2 Å². The van der Waals surface area contributed by atoms with Crippen molar-refractivity contribution in [2.24, 2.45) is 28.6 Å². The van der Waals surface area contributed by atoms with Crippen molar-refractivity contribution in [3.05, 3.63) is 83.7 Å². The number of rotatable bonds is 13. The number of aromatic nitrogens is 1. The molecule has 6 rings (SSSR count). The fourth-order valence-electron chi connectivity index (χ4n) is 9.57. The molecule has 2 aromatic rings. The molecule has 0 radical (unpaired) electrons. The topological polar surface area (TPSA) is 96.8 Å². The summed E-state index contributed by atoms with van der Waals surface area (Å²) < 4.78 is 6.10. The van der Waals surface area contributed by atoms with Crippen molar-refractivity contribution in [3.8, 4) is 0 Å². The molecule has 50 heavy (non-hydrogen) atoms. The quantitative estimate of drug-likeness (QED) is 0.125. The van der Waals surface area contributed by atoms with Crippen LogP contribution in [0.2, 0.25) is 0 Å². The van der Waals surface area contributed by atoms with Crippen molar-refractivity contribution in [1.82, 2.24) is 9.88 Å². The van der Waals surface area contributed by atoms with E-state index >= 15 is 0 Å². The van der Waals surface area contributed by atoms with Crippen LogP contribution < -0.4 is 0 Å². The summed E-state index contributed by atoms with van der Waals surface area (Å²) >= 11 is 0. The normalized spacial score (nSPS) is 29.7. The number of hydrogen-bond donors (Lipinski definition) is 1. The third-order valence-electron chi connectivity index (χ3n) is 12.1. The Labute approximate surface area is 305 Å². The summed E-state index contributed by atoms with van der Waals surface area (Å²) in [5, 5.41) is 9.36. The number of nitrogens with zero attached hydrogens (tertiary/aromatic N) is 2. The predicted octanol–water partition coefficient (Wildman–Crippen LogP) is 9.00. The van der Waals surface area contributed by atoms with Crippen molar-refractivity contribution in [3.63, 3.8) is 0 Å². The predicted molar refractivity (Wildman–Crippen MR) is 202 cm³/mol. The molecule has 1 amide bonds. The minimum atomic E-state index is -1.03. The molecular weight excluding hydrogens is 665 g/mol. The summed E-state index contributed by atoms with van der Waals surface area (Å²) in [6.45, 7) is 8.92. The molecule has 4 aliphatic carbocycles. The number of hydrogen-bond acceptors (Lipinski definition) is 7. The summed E-state index contributed by atoms with van der Waals surface area (Å²) in [4.78, 5) is 43.4. The van der Waals surface area contributed by atoms with E-state index in [1.807, 2.05) is 56.6 Å². The van der Waals surface area contributed by atoms with Gasteiger partial charge in [-0.15, -0.1) is 0 Å². The first-order valence-corrected chi connectivity index (χ1v) is 20.6. The van der Waals surface area contributed by atoms with Crippen LogP contribution in [0.4, 0.5) is 0 Å². The zero-order valence-corrected chi connectivity index (χ0v) is 31.5. The van der Waals surface area contributed by atoms with Gasteiger partial charge in [-0.3, -0.25) is 19.4 Å². The smallest absolute Gasteiger partial charge is 0.323 e. The van der Waals surface area contributed by atoms with E-state index < -0.39 is 5.97 Å². The van der Waals surface area contributed by atoms with Gasteiger partial charge in [-0.1, -0.05) is 103 Å². The highest BCUT2D eigenvalue weighted by Gasteiger charge is 2.57. The van der Waals surface area contributed by atoms with Gasteiger partial charge in [0.1, 0.15) is 12.6 Å². The van der Waals surface area contributed by atoms with Gasteiger partial charge in [0.05, 0.1) is 6.42 Å². The summed E-state index contributed by atoms with van der Waals surface area (Å²) in [6.07, 6.45) is 17.0. The number of benzene rings is 1. The van der Waals surface area contributed by atoms with Gasteiger partial charge in [-0.05, 0) is 89.9 Å². The standard InChI is InChI=1S/C41H52N2O5S2/c1-27(21-37(44)43(26-38(45)46)25-29-9-6-5-7-10-29)49-50-28(2)22-39(47)48-32-16-18-40(3)31(23-32)12-13-33-35-15-14-34(30-11-8-20-42-24-30)41(35,4)19-17-36(33)40/h5-12,14,20,24,27-28,32-33,35-36H,13,15-19,21-23,25-26H2,1-4H3,(H,45,46)/t27?,28?,32-,33-,35-,36-,40-,41+/m0/s1. The van der Waals surface area contributed by atoms with Gasteiger partial charge < -0.3 is 14.7 Å². The van der Waals surface area contributed by atoms with E-state index in [1.165, 1.54) is 34.5 Å². The first-order valence-electron chi connectivity index (χ1n) is 18.3. The summed E-state index contributed by atoms with van der Waals surface area (Å²) in [5.74, 6) is 0.660. The van der Waals surface area contributed by atoms with Crippen molar-refractivity contribution < 1.29 is 24.2 Å². The molecule has 1 aromatic heterocycles. The number of aliphatic carboxylic acids is 1. The van der Waals surface area contributed by atoms with Crippen molar-refractivity contribution in [1.29, 1.82) is 0 Å². The Morgan fingerprint density at radius 2 is 1.68 bits per heavy atom. The number of carboxylic acids is 1. The number of carboxylic acid groups (broad SMARTS) is 1. The Morgan fingerprint density at radius 1 is 0.940 bits per heavy atom. The van der Waals surface area contributed by atoms with E-state index in [-0.39, 0.29) is 58.8 Å². The molecule has 2 fully saturated rings. The van der Waals surface area contributed by atoms with Gasteiger partial charge in [0.2, 0.25) is 5.91 Å². The zero-order valence-electron chi connectivity index (χ0n) is 29.9. The number of allylic oxidation sites excluding steroid dienone is 3. The molecule has 0 aliphatic heterocycles. The van der Waals surface area contributed by atoms with Crippen LogP contribution in [-0.2, 0) is 25.7 Å². The molecule has 1 heterocycles. The van der Waals surface area contributed by atoms with Gasteiger partial charge in [-0.25, -0.2) is 0 Å². The van der Waals surface area contributed by atoms with Crippen LogP contribution in [-0.4, -0.2) is 56.0 Å². The Kier molecular flexibility index (Phi) is 11.5. The summed E-state index contributed by atoms with van der Waals surface area (Å²) in [6, 6.07) is 13.7. The van der Waals surface area contributed by atoms with Gasteiger partial charge in [0, 0.05) is 42.3 Å². The van der Waals surface area contributed by atoms with E-state index in [4.69, 9.17) is 4.74 Å². The van der Waals surface area contributed by atoms with E-state index in [9.17, 15) is 19.5 Å². The van der Waals surface area contributed by atoms with Crippen molar-refractivity contribution in [2.45, 2.75) is 109 Å². The fraction of sp³-hybridized carbons (Fsp3) is 0.561. The number of carbonyl (C=O) groups excluding carboxylic acids is 2. The lowest BCUT2D eigenvalue weighted by Gasteiger charge is -2.57. The second kappa shape index (κ2) is 15.7. The molecule has 1 aromatic carbocycles. The minimum absolute atomic E-state index is 0.0288. The Hall–Kier alpha value is -3.04. The SMILES string of the molecule is CC(CC(=O)O[C@H]1CC[C@@]2(C)C(=CC[C@@H]3[C@@H]2CC[C@]2(C)C(c4cccnc4)=CC[C@@H]32)C1)SSC(C)CC(=O)N(CC(=O)O)Cc1ccccc1. The molecule has 9 heteroatoms. The second-order valence-corrected chi connectivity index (χ2v) is 18.7. The maximum absolute atomic E-state index is 13.1. The molecule has 2 unspecified atom stereocenters. The molecule has 0 spiro atoms. The highest BCUT2D eigenvalue weighted by atomic mass is 33.1. The molecule has 4 aliphatic rings. The monoisotopic (exact) mass is 716 g/mol. The Balaban J connectivity index is 0.965. The third kappa shape index (κ3) is 8.04. The highest BCUT2D eigenvalue weighted by molar-refractivity contribution is 8.77. The Bertz CT molecular complexity index is 1600. The lowest BCUT2D eigenvalue weighted by molar-refractivity contribution is -0.151. The number of pyridine rings is 1. The number of carbonyl (C=O) groups is 3. The largest absolute Gasteiger partial charge is 0.480 e. The molecule has 268 valence electrons. The van der Waals surface area contributed by atoms with E-state index in [0.717, 1.165) is 37.7 Å². The number of amides is 1. The molecule has 2 saturated carbocycles. The van der Waals surface area contributed by atoms with Crippen LogP contribution in [0.1, 0.15) is 96.6 Å². The maximum atomic E-state index is 13.1. The third-order valence-corrected chi connectivity index (χ3v) is 15.5. The van der Waals surface area contributed by atoms with Gasteiger partial charge in [-0.2, -0.15) is 0 Å².